The zero-order valence-electron chi connectivity index (χ0n) is 21.1. The van der Waals surface area contributed by atoms with Gasteiger partial charge in [-0.3, -0.25) is 9.08 Å². The van der Waals surface area contributed by atoms with Crippen LogP contribution in [-0.4, -0.2) is 60.3 Å². The molecule has 1 N–H and O–H groups in total. The first-order chi connectivity index (χ1) is 18.1. The van der Waals surface area contributed by atoms with Crippen LogP contribution in [-0.2, 0) is 13.6 Å². The Labute approximate surface area is 215 Å². The standard InChI is InChI=1S/C28H30N8O/c1-34-10-7-23(8-11-34)37-24-9-12-36-26(17-30-28(36)13-24)25-14-27(32-19-31-25)29-15-20-3-5-21(6-4-20)22-16-33-35(2)18-22/h3-6,9,12-14,16-19,23H,7-8,10-11,15H2,1-2H3,(H,29,31,32). The van der Waals surface area contributed by atoms with Crippen molar-refractivity contribution in [2.45, 2.75) is 25.5 Å². The van der Waals surface area contributed by atoms with Crippen LogP contribution in [0.25, 0.3) is 28.2 Å². The first-order valence-corrected chi connectivity index (χ1v) is 12.6. The number of aryl methyl sites for hydroxylation is 1. The van der Waals surface area contributed by atoms with Gasteiger partial charge in [-0.25, -0.2) is 15.0 Å². The first kappa shape index (κ1) is 23.2. The van der Waals surface area contributed by atoms with Crippen LogP contribution in [0.4, 0.5) is 5.82 Å². The predicted molar refractivity (Wildman–Crippen MR) is 143 cm³/mol. The maximum absolute atomic E-state index is 6.23. The number of ether oxygens (including phenoxy) is 1. The van der Waals surface area contributed by atoms with Crippen LogP contribution >= 0.6 is 0 Å². The lowest BCUT2D eigenvalue weighted by atomic mass is 10.1. The second kappa shape index (κ2) is 10.0. The minimum Gasteiger partial charge on any atom is -0.490 e. The summed E-state index contributed by atoms with van der Waals surface area (Å²) in [5.74, 6) is 1.62. The number of nitrogens with zero attached hydrogens (tertiary/aromatic N) is 7. The van der Waals surface area contributed by atoms with Gasteiger partial charge in [0.25, 0.3) is 0 Å². The molecule has 4 aromatic heterocycles. The van der Waals surface area contributed by atoms with Crippen molar-refractivity contribution >= 4 is 11.5 Å². The summed E-state index contributed by atoms with van der Waals surface area (Å²) >= 11 is 0. The first-order valence-electron chi connectivity index (χ1n) is 12.6. The highest BCUT2D eigenvalue weighted by Gasteiger charge is 2.18. The fourth-order valence-electron chi connectivity index (χ4n) is 4.69. The number of likely N-dealkylation sites (tertiary alicyclic amines) is 1. The van der Waals surface area contributed by atoms with E-state index in [9.17, 15) is 0 Å². The summed E-state index contributed by atoms with van der Waals surface area (Å²) in [6.45, 7) is 2.80. The molecule has 9 heteroatoms. The molecule has 1 aliphatic heterocycles. The molecule has 0 radical (unpaired) electrons. The lowest BCUT2D eigenvalue weighted by molar-refractivity contribution is 0.114. The molecule has 1 saturated heterocycles. The Morgan fingerprint density at radius 3 is 2.57 bits per heavy atom. The van der Waals surface area contributed by atoms with Gasteiger partial charge in [-0.05, 0) is 37.1 Å². The molecule has 0 amide bonds. The van der Waals surface area contributed by atoms with Crippen molar-refractivity contribution in [3.63, 3.8) is 0 Å². The second-order valence-corrected chi connectivity index (χ2v) is 9.60. The van der Waals surface area contributed by atoms with Gasteiger partial charge >= 0.3 is 0 Å². The van der Waals surface area contributed by atoms with Gasteiger partial charge in [-0.15, -0.1) is 0 Å². The van der Waals surface area contributed by atoms with Crippen LogP contribution < -0.4 is 10.1 Å². The zero-order chi connectivity index (χ0) is 25.2. The molecule has 1 aliphatic rings. The molecule has 9 nitrogen and oxygen atoms in total. The highest BCUT2D eigenvalue weighted by molar-refractivity contribution is 5.64. The van der Waals surface area contributed by atoms with Crippen molar-refractivity contribution in [2.75, 3.05) is 25.5 Å². The third-order valence-corrected chi connectivity index (χ3v) is 6.85. The number of anilines is 1. The number of benzene rings is 1. The highest BCUT2D eigenvalue weighted by atomic mass is 16.5. The van der Waals surface area contributed by atoms with E-state index in [0.29, 0.717) is 6.54 Å². The largest absolute Gasteiger partial charge is 0.490 e. The average molecular weight is 495 g/mol. The summed E-state index contributed by atoms with van der Waals surface area (Å²) < 4.78 is 10.1. The molecule has 0 aliphatic carbocycles. The number of nitrogens with one attached hydrogen (secondary N) is 1. The monoisotopic (exact) mass is 494 g/mol. The van der Waals surface area contributed by atoms with E-state index in [1.165, 1.54) is 5.56 Å². The van der Waals surface area contributed by atoms with Gasteiger partial charge in [0.15, 0.2) is 0 Å². The molecule has 1 aromatic carbocycles. The molecule has 188 valence electrons. The maximum Gasteiger partial charge on any atom is 0.140 e. The number of fused-ring (bicyclic) bond motifs is 1. The number of piperidine rings is 1. The van der Waals surface area contributed by atoms with Crippen molar-refractivity contribution in [1.29, 1.82) is 0 Å². The van der Waals surface area contributed by atoms with Crippen molar-refractivity contribution in [3.8, 4) is 28.3 Å². The van der Waals surface area contributed by atoms with Gasteiger partial charge < -0.3 is 15.0 Å². The zero-order valence-corrected chi connectivity index (χ0v) is 21.1. The number of pyridine rings is 1. The molecule has 37 heavy (non-hydrogen) atoms. The molecular weight excluding hydrogens is 464 g/mol. The number of aromatic nitrogens is 6. The number of rotatable bonds is 7. The molecule has 0 spiro atoms. The third-order valence-electron chi connectivity index (χ3n) is 6.85. The summed E-state index contributed by atoms with van der Waals surface area (Å²) in [6.07, 6.45) is 11.7. The SMILES string of the molecule is CN1CCC(Oc2ccn3c(-c4cc(NCc5ccc(-c6cnn(C)c6)cc5)ncn4)cnc3c2)CC1. The quantitative estimate of drug-likeness (QED) is 0.362. The van der Waals surface area contributed by atoms with Gasteiger partial charge in [-0.2, -0.15) is 5.10 Å². The summed E-state index contributed by atoms with van der Waals surface area (Å²) in [4.78, 5) is 15.9. The van der Waals surface area contributed by atoms with Crippen LogP contribution in [0.3, 0.4) is 0 Å². The van der Waals surface area contributed by atoms with Crippen LogP contribution in [0.15, 0.2) is 73.6 Å². The number of imidazole rings is 1. The average Bonchev–Trinajstić information content (AvgIpc) is 3.55. The molecule has 0 unspecified atom stereocenters. The van der Waals surface area contributed by atoms with Crippen molar-refractivity contribution < 1.29 is 4.74 Å². The van der Waals surface area contributed by atoms with Crippen molar-refractivity contribution in [2.24, 2.45) is 7.05 Å². The lowest BCUT2D eigenvalue weighted by Gasteiger charge is -2.29. The van der Waals surface area contributed by atoms with E-state index in [4.69, 9.17) is 4.74 Å². The molecule has 6 rings (SSSR count). The summed E-state index contributed by atoms with van der Waals surface area (Å²) in [6, 6.07) is 14.4. The number of hydrogen-bond donors (Lipinski definition) is 1. The predicted octanol–water partition coefficient (Wildman–Crippen LogP) is 4.28. The Balaban J connectivity index is 1.13. The minimum atomic E-state index is 0.259. The van der Waals surface area contributed by atoms with Gasteiger partial charge in [0.1, 0.15) is 29.6 Å². The molecular formula is C28H30N8O. The van der Waals surface area contributed by atoms with Gasteiger partial charge in [0.05, 0.1) is 23.8 Å². The Morgan fingerprint density at radius 1 is 0.946 bits per heavy atom. The van der Waals surface area contributed by atoms with Crippen LogP contribution in [0.1, 0.15) is 18.4 Å². The third kappa shape index (κ3) is 5.17. The van der Waals surface area contributed by atoms with Crippen LogP contribution in [0.2, 0.25) is 0 Å². The fourth-order valence-corrected chi connectivity index (χ4v) is 4.69. The summed E-state index contributed by atoms with van der Waals surface area (Å²) in [5, 5.41) is 7.66. The van der Waals surface area contributed by atoms with Gasteiger partial charge in [-0.1, -0.05) is 24.3 Å². The Kier molecular flexibility index (Phi) is 6.28. The van der Waals surface area contributed by atoms with E-state index < -0.39 is 0 Å². The fraction of sp³-hybridized carbons (Fsp3) is 0.286. The highest BCUT2D eigenvalue weighted by Crippen LogP contribution is 2.25. The topological polar surface area (TPSA) is 85.4 Å². The summed E-state index contributed by atoms with van der Waals surface area (Å²) in [5.41, 5.74) is 5.97. The van der Waals surface area contributed by atoms with E-state index in [2.05, 4.69) is 61.6 Å². The normalized spacial score (nSPS) is 14.8. The smallest absolute Gasteiger partial charge is 0.140 e. The van der Waals surface area contributed by atoms with E-state index >= 15 is 0 Å². The van der Waals surface area contributed by atoms with E-state index in [-0.39, 0.29) is 6.10 Å². The molecule has 0 saturated carbocycles. The maximum atomic E-state index is 6.23. The van der Waals surface area contributed by atoms with Gasteiger partial charge in [0.2, 0.25) is 0 Å². The van der Waals surface area contributed by atoms with Gasteiger partial charge in [0, 0.05) is 56.8 Å². The summed E-state index contributed by atoms with van der Waals surface area (Å²) in [7, 11) is 4.08. The molecule has 5 heterocycles. The molecule has 1 fully saturated rings. The Bertz CT molecular complexity index is 1500. The van der Waals surface area contributed by atoms with E-state index in [0.717, 1.165) is 65.7 Å². The molecule has 0 bridgehead atoms. The minimum absolute atomic E-state index is 0.259. The van der Waals surface area contributed by atoms with Crippen molar-refractivity contribution in [3.05, 3.63) is 79.1 Å². The van der Waals surface area contributed by atoms with Crippen LogP contribution in [0, 0.1) is 0 Å². The van der Waals surface area contributed by atoms with E-state index in [1.54, 1.807) is 6.33 Å². The number of hydrogen-bond acceptors (Lipinski definition) is 7. The lowest BCUT2D eigenvalue weighted by Crippen LogP contribution is -2.35. The van der Waals surface area contributed by atoms with E-state index in [1.807, 2.05) is 59.1 Å². The molecule has 5 aromatic rings. The van der Waals surface area contributed by atoms with Crippen LogP contribution in [0.5, 0.6) is 5.75 Å². The molecule has 0 atom stereocenters. The Hall–Kier alpha value is -4.24. The Morgan fingerprint density at radius 2 is 1.78 bits per heavy atom. The second-order valence-electron chi connectivity index (χ2n) is 9.60. The van der Waals surface area contributed by atoms with Crippen molar-refractivity contribution in [1.82, 2.24) is 34.0 Å².